The van der Waals surface area contributed by atoms with Crippen LogP contribution >= 0.6 is 0 Å². The van der Waals surface area contributed by atoms with Crippen LogP contribution < -0.4 is 10.6 Å². The normalized spacial score (nSPS) is 21.2. The van der Waals surface area contributed by atoms with Gasteiger partial charge in [0.05, 0.1) is 6.33 Å². The van der Waals surface area contributed by atoms with Crippen molar-refractivity contribution in [1.29, 1.82) is 0 Å². The highest BCUT2D eigenvalue weighted by Crippen LogP contribution is 2.33. The van der Waals surface area contributed by atoms with E-state index in [1.807, 2.05) is 6.20 Å². The predicted molar refractivity (Wildman–Crippen MR) is 99.9 cm³/mol. The Labute approximate surface area is 151 Å². The lowest BCUT2D eigenvalue weighted by atomic mass is 9.85. The summed E-state index contributed by atoms with van der Waals surface area (Å²) >= 11 is 0. The Morgan fingerprint density at radius 1 is 1.15 bits per heavy atom. The number of piperidine rings is 1. The van der Waals surface area contributed by atoms with Gasteiger partial charge in [0.2, 0.25) is 5.95 Å². The number of aromatic nitrogens is 6. The number of aromatic amines is 1. The van der Waals surface area contributed by atoms with E-state index in [9.17, 15) is 0 Å². The molecule has 1 saturated heterocycles. The third-order valence-corrected chi connectivity index (χ3v) is 5.80. The maximum atomic E-state index is 5.90. The zero-order valence-electron chi connectivity index (χ0n) is 14.8. The Kier molecular flexibility index (Phi) is 3.76. The molecule has 0 unspecified atom stereocenters. The first-order valence-corrected chi connectivity index (χ1v) is 9.50. The molecule has 0 spiro atoms. The molecule has 0 bridgehead atoms. The number of rotatable bonds is 4. The smallest absolute Gasteiger partial charge is 0.224 e. The van der Waals surface area contributed by atoms with E-state index in [1.54, 1.807) is 6.33 Å². The van der Waals surface area contributed by atoms with Gasteiger partial charge in [-0.05, 0) is 31.6 Å². The number of H-pyrrole nitrogens is 1. The number of nitrogens with zero attached hydrogens (tertiary/aromatic N) is 6. The molecular formula is C18H24N8. The topological polar surface area (TPSA) is 102 Å². The first-order valence-electron chi connectivity index (χ1n) is 9.50. The zero-order valence-corrected chi connectivity index (χ0v) is 14.8. The van der Waals surface area contributed by atoms with Crippen molar-refractivity contribution in [2.75, 3.05) is 23.7 Å². The number of nitrogens with two attached hydrogens (primary N) is 1. The quantitative estimate of drug-likeness (QED) is 0.747. The van der Waals surface area contributed by atoms with Crippen LogP contribution in [0.4, 0.5) is 11.8 Å². The molecule has 1 aliphatic heterocycles. The summed E-state index contributed by atoms with van der Waals surface area (Å²) in [5, 5.41) is 0. The van der Waals surface area contributed by atoms with Crippen LogP contribution in [-0.2, 0) is 6.54 Å². The number of nitrogens with one attached hydrogen (secondary N) is 1. The summed E-state index contributed by atoms with van der Waals surface area (Å²) in [4.78, 5) is 23.1. The number of nitrogen functional groups attached to an aromatic ring is 1. The fraction of sp³-hybridized carbons (Fsp3) is 0.556. The van der Waals surface area contributed by atoms with Crippen molar-refractivity contribution in [3.05, 3.63) is 24.5 Å². The van der Waals surface area contributed by atoms with E-state index >= 15 is 0 Å². The van der Waals surface area contributed by atoms with Crippen molar-refractivity contribution >= 4 is 22.9 Å². The van der Waals surface area contributed by atoms with Crippen LogP contribution in [-0.4, -0.2) is 42.6 Å². The third kappa shape index (κ3) is 2.69. The minimum absolute atomic E-state index is 0.271. The molecule has 4 heterocycles. The van der Waals surface area contributed by atoms with Crippen molar-refractivity contribution in [2.45, 2.75) is 44.6 Å². The minimum atomic E-state index is 0.271. The van der Waals surface area contributed by atoms with E-state index < -0.39 is 0 Å². The number of imidazole rings is 2. The second kappa shape index (κ2) is 6.26. The molecule has 3 aromatic heterocycles. The molecule has 1 aliphatic carbocycles. The minimum Gasteiger partial charge on any atom is -0.368 e. The largest absolute Gasteiger partial charge is 0.368 e. The van der Waals surface area contributed by atoms with Gasteiger partial charge in [-0.25, -0.2) is 9.97 Å². The van der Waals surface area contributed by atoms with Gasteiger partial charge >= 0.3 is 0 Å². The van der Waals surface area contributed by atoms with E-state index in [0.29, 0.717) is 11.6 Å². The van der Waals surface area contributed by atoms with Crippen LogP contribution in [0.3, 0.4) is 0 Å². The van der Waals surface area contributed by atoms with E-state index in [2.05, 4.69) is 35.6 Å². The van der Waals surface area contributed by atoms with Crippen LogP contribution in [0, 0.1) is 5.92 Å². The summed E-state index contributed by atoms with van der Waals surface area (Å²) in [7, 11) is 0. The van der Waals surface area contributed by atoms with Gasteiger partial charge in [0, 0.05) is 37.9 Å². The molecule has 0 amide bonds. The second-order valence-electron chi connectivity index (χ2n) is 7.53. The fourth-order valence-corrected chi connectivity index (χ4v) is 4.23. The Morgan fingerprint density at radius 3 is 2.92 bits per heavy atom. The maximum Gasteiger partial charge on any atom is 0.224 e. The van der Waals surface area contributed by atoms with Crippen LogP contribution in [0.25, 0.3) is 11.2 Å². The van der Waals surface area contributed by atoms with Crippen LogP contribution in [0.15, 0.2) is 18.7 Å². The summed E-state index contributed by atoms with van der Waals surface area (Å²) in [6.07, 6.45) is 12.1. The molecule has 0 radical (unpaired) electrons. The monoisotopic (exact) mass is 352 g/mol. The summed E-state index contributed by atoms with van der Waals surface area (Å²) in [5.74, 6) is 3.58. The zero-order chi connectivity index (χ0) is 17.5. The van der Waals surface area contributed by atoms with Crippen molar-refractivity contribution in [3.8, 4) is 0 Å². The number of fused-ring (bicyclic) bond motifs is 1. The molecule has 3 aromatic rings. The molecular weight excluding hydrogens is 328 g/mol. The third-order valence-electron chi connectivity index (χ3n) is 5.80. The van der Waals surface area contributed by atoms with Gasteiger partial charge in [-0.2, -0.15) is 9.97 Å². The summed E-state index contributed by atoms with van der Waals surface area (Å²) < 4.78 is 2.37. The van der Waals surface area contributed by atoms with Crippen molar-refractivity contribution < 1.29 is 0 Å². The molecule has 26 heavy (non-hydrogen) atoms. The Bertz CT molecular complexity index is 909. The molecule has 5 rings (SSSR count). The van der Waals surface area contributed by atoms with Crippen molar-refractivity contribution in [1.82, 2.24) is 29.5 Å². The van der Waals surface area contributed by atoms with Crippen molar-refractivity contribution in [3.63, 3.8) is 0 Å². The SMILES string of the molecule is Nc1nc(N2CCC[C@@H](c3nccn3CC3CCC3)C2)c2[nH]cnc2n1. The molecule has 1 atom stereocenters. The highest BCUT2D eigenvalue weighted by molar-refractivity contribution is 5.84. The Morgan fingerprint density at radius 2 is 2.08 bits per heavy atom. The average Bonchev–Trinajstić information content (AvgIpc) is 3.26. The van der Waals surface area contributed by atoms with Gasteiger partial charge in [-0.15, -0.1) is 0 Å². The van der Waals surface area contributed by atoms with Crippen molar-refractivity contribution in [2.24, 2.45) is 5.92 Å². The lowest BCUT2D eigenvalue weighted by molar-refractivity contribution is 0.270. The number of anilines is 2. The fourth-order valence-electron chi connectivity index (χ4n) is 4.23. The van der Waals surface area contributed by atoms with E-state index in [0.717, 1.165) is 49.7 Å². The van der Waals surface area contributed by atoms with E-state index in [4.69, 9.17) is 10.7 Å². The second-order valence-corrected chi connectivity index (χ2v) is 7.53. The molecule has 136 valence electrons. The van der Waals surface area contributed by atoms with Gasteiger partial charge in [-0.1, -0.05) is 6.42 Å². The first kappa shape index (κ1) is 15.6. The molecule has 1 saturated carbocycles. The molecule has 8 nitrogen and oxygen atoms in total. The van der Waals surface area contributed by atoms with Gasteiger partial charge in [0.1, 0.15) is 11.3 Å². The standard InChI is InChI=1S/C18H24N8/c19-18-23-15-14(21-11-22-15)17(24-18)25-7-2-5-13(10-25)16-20-6-8-26(16)9-12-3-1-4-12/h6,8,11-13H,1-5,7,9-10H2,(H3,19,21,22,23,24)/t13-/m1/s1. The van der Waals surface area contributed by atoms with E-state index in [-0.39, 0.29) is 5.95 Å². The highest BCUT2D eigenvalue weighted by Gasteiger charge is 2.28. The van der Waals surface area contributed by atoms with E-state index in [1.165, 1.54) is 25.1 Å². The van der Waals surface area contributed by atoms with Crippen LogP contribution in [0.5, 0.6) is 0 Å². The summed E-state index contributed by atoms with van der Waals surface area (Å²) in [5.41, 5.74) is 7.39. The highest BCUT2D eigenvalue weighted by atomic mass is 15.2. The average molecular weight is 352 g/mol. The molecule has 2 fully saturated rings. The van der Waals surface area contributed by atoms with Gasteiger partial charge in [-0.3, -0.25) is 0 Å². The Balaban J connectivity index is 1.41. The molecule has 8 heteroatoms. The summed E-state index contributed by atoms with van der Waals surface area (Å²) in [6.45, 7) is 2.97. The van der Waals surface area contributed by atoms with Gasteiger partial charge in [0.25, 0.3) is 0 Å². The lowest BCUT2D eigenvalue weighted by Gasteiger charge is -2.34. The van der Waals surface area contributed by atoms with Gasteiger partial charge < -0.3 is 20.2 Å². The summed E-state index contributed by atoms with van der Waals surface area (Å²) in [6, 6.07) is 0. The first-order chi connectivity index (χ1) is 12.8. The Hall–Kier alpha value is -2.64. The lowest BCUT2D eigenvalue weighted by Crippen LogP contribution is -2.36. The van der Waals surface area contributed by atoms with Gasteiger partial charge in [0.15, 0.2) is 11.5 Å². The number of hydrogen-bond acceptors (Lipinski definition) is 6. The molecule has 3 N–H and O–H groups in total. The molecule has 2 aliphatic rings. The molecule has 0 aromatic carbocycles. The maximum absolute atomic E-state index is 5.90. The van der Waals surface area contributed by atoms with Crippen LogP contribution in [0.1, 0.15) is 43.8 Å². The number of hydrogen-bond donors (Lipinski definition) is 2. The van der Waals surface area contributed by atoms with Crippen LogP contribution in [0.2, 0.25) is 0 Å². The predicted octanol–water partition coefficient (Wildman–Crippen LogP) is 2.32.